The summed E-state index contributed by atoms with van der Waals surface area (Å²) >= 11 is -2.38. The van der Waals surface area contributed by atoms with Crippen LogP contribution >= 0.6 is 32.0 Å². The van der Waals surface area contributed by atoms with Gasteiger partial charge >= 0.3 is 228 Å². The molecule has 0 unspecified atom stereocenters. The molecule has 0 fully saturated rings. The zero-order chi connectivity index (χ0) is 26.4. The molecule has 13 heteroatoms. The number of hydrogen-bond donors (Lipinski definition) is 1. The van der Waals surface area contributed by atoms with Crippen molar-refractivity contribution in [3.05, 3.63) is 104 Å². The average molecular weight is 689 g/mol. The predicted octanol–water partition coefficient (Wildman–Crippen LogP) is 5.10. The first-order valence-corrected chi connectivity index (χ1v) is 18.6. The summed E-state index contributed by atoms with van der Waals surface area (Å²) in [4.78, 5) is -2.12. The topological polar surface area (TPSA) is 132 Å². The summed E-state index contributed by atoms with van der Waals surface area (Å²) in [7, 11) is -13.6. The molecule has 0 spiro atoms. The van der Waals surface area contributed by atoms with E-state index in [1.165, 1.54) is 30.3 Å². The minimum atomic E-state index is -4.79. The Kier molecular flexibility index (Phi) is 6.97. The van der Waals surface area contributed by atoms with E-state index in [-0.39, 0.29) is 19.6 Å². The summed E-state index contributed by atoms with van der Waals surface area (Å²) in [6, 6.07) is 25.1. The molecule has 0 radical (unpaired) electrons. The van der Waals surface area contributed by atoms with Crippen LogP contribution in [0.1, 0.15) is 0 Å². The third-order valence-electron chi connectivity index (χ3n) is 5.22. The molecule has 4 aromatic carbocycles. The second-order valence-corrected chi connectivity index (χ2v) is 18.4. The van der Waals surface area contributed by atoms with Crippen LogP contribution in [0, 0.1) is 7.14 Å². The maximum absolute atomic E-state index is 13.7. The molecule has 5 rings (SSSR count). The van der Waals surface area contributed by atoms with Gasteiger partial charge in [-0.1, -0.05) is 0 Å². The molecule has 0 aromatic heterocycles. The number of sulfone groups is 1. The van der Waals surface area contributed by atoms with E-state index in [1.54, 1.807) is 60.7 Å². The van der Waals surface area contributed by atoms with Gasteiger partial charge in [-0.2, -0.15) is 0 Å². The second-order valence-electron chi connectivity index (χ2n) is 7.60. The van der Waals surface area contributed by atoms with E-state index < -0.39 is 60.1 Å². The van der Waals surface area contributed by atoms with E-state index in [0.717, 1.165) is 6.07 Å². The first-order valence-electron chi connectivity index (χ1n) is 10.4. The van der Waals surface area contributed by atoms with Gasteiger partial charge in [0.2, 0.25) is 0 Å². The summed E-state index contributed by atoms with van der Waals surface area (Å²) in [5, 5.41) is 0. The van der Waals surface area contributed by atoms with Gasteiger partial charge in [0.15, 0.2) is 0 Å². The average Bonchev–Trinajstić information content (AvgIpc) is 2.87. The van der Waals surface area contributed by atoms with Crippen LogP contribution < -0.4 is 0 Å². The fourth-order valence-corrected chi connectivity index (χ4v) is 15.5. The van der Waals surface area contributed by atoms with Gasteiger partial charge in [0.05, 0.1) is 0 Å². The minimum absolute atomic E-state index is 0.192. The van der Waals surface area contributed by atoms with Crippen LogP contribution in [-0.4, -0.2) is 29.8 Å². The molecule has 1 heterocycles. The van der Waals surface area contributed by atoms with Crippen LogP contribution in [0.5, 0.6) is 0 Å². The first-order chi connectivity index (χ1) is 17.5. The summed E-state index contributed by atoms with van der Waals surface area (Å²) < 4.78 is 95.2. The third kappa shape index (κ3) is 4.96. The van der Waals surface area contributed by atoms with Gasteiger partial charge < -0.3 is 0 Å². The normalized spacial score (nSPS) is 14.9. The van der Waals surface area contributed by atoms with Crippen molar-refractivity contribution in [3.63, 3.8) is 0 Å². The fraction of sp³-hybridized carbons (Fsp3) is 0. The monoisotopic (exact) mass is 688 g/mol. The molecule has 192 valence electrons. The third-order valence-corrected chi connectivity index (χ3v) is 17.1. The zero-order valence-corrected chi connectivity index (χ0v) is 24.0. The number of halogens is 1. The Morgan fingerprint density at radius 2 is 1.11 bits per heavy atom. The Hall–Kier alpha value is -2.27. The molecular weight excluding hydrogens is 671 g/mol. The van der Waals surface area contributed by atoms with Gasteiger partial charge in [-0.25, -0.2) is 0 Å². The van der Waals surface area contributed by atoms with Gasteiger partial charge in [-0.05, 0) is 0 Å². The molecule has 0 atom stereocenters. The molecule has 1 aliphatic heterocycles. The van der Waals surface area contributed by atoms with Crippen molar-refractivity contribution in [2.75, 3.05) is 0 Å². The summed E-state index contributed by atoms with van der Waals surface area (Å²) in [6.45, 7) is 0. The van der Waals surface area contributed by atoms with Crippen molar-refractivity contribution in [2.24, 2.45) is 0 Å². The van der Waals surface area contributed by atoms with Crippen LogP contribution in [0.15, 0.2) is 126 Å². The van der Waals surface area contributed by atoms with Crippen molar-refractivity contribution in [1.82, 2.24) is 0 Å². The second kappa shape index (κ2) is 9.80. The van der Waals surface area contributed by atoms with E-state index in [9.17, 15) is 29.8 Å². The van der Waals surface area contributed by atoms with Crippen molar-refractivity contribution in [3.8, 4) is 0 Å². The van der Waals surface area contributed by atoms with Crippen molar-refractivity contribution >= 4 is 62.1 Å². The molecule has 0 amide bonds. The zero-order valence-electron chi connectivity index (χ0n) is 18.6. The number of benzene rings is 4. The number of rotatable bonds is 6. The summed E-state index contributed by atoms with van der Waals surface area (Å²) in [6.07, 6.45) is 0. The first kappa shape index (κ1) is 26.3. The fourth-order valence-electron chi connectivity index (χ4n) is 3.61. The van der Waals surface area contributed by atoms with Crippen molar-refractivity contribution in [2.45, 2.75) is 29.4 Å². The van der Waals surface area contributed by atoms with E-state index in [1.807, 2.05) is 0 Å². The Labute approximate surface area is 226 Å². The summed E-state index contributed by atoms with van der Waals surface area (Å²) in [5.74, 6) is 0. The molecular formula is C24H17IO8S4. The van der Waals surface area contributed by atoms with Crippen LogP contribution in [0.25, 0.3) is 0 Å². The molecule has 0 saturated heterocycles. The van der Waals surface area contributed by atoms with E-state index in [4.69, 9.17) is 2.51 Å². The van der Waals surface area contributed by atoms with Crippen LogP contribution in [0.3, 0.4) is 0 Å². The number of fused-ring (bicyclic) bond motifs is 2. The van der Waals surface area contributed by atoms with Gasteiger partial charge in [-0.3, -0.25) is 0 Å². The van der Waals surface area contributed by atoms with Crippen LogP contribution in [-0.2, 0) is 32.6 Å². The van der Waals surface area contributed by atoms with E-state index in [0.29, 0.717) is 18.9 Å². The Morgan fingerprint density at radius 1 is 0.649 bits per heavy atom. The Bertz CT molecular complexity index is 1790. The predicted molar refractivity (Wildman–Crippen MR) is 145 cm³/mol. The molecule has 37 heavy (non-hydrogen) atoms. The number of hydrogen-bond acceptors (Lipinski definition) is 8. The summed E-state index contributed by atoms with van der Waals surface area (Å²) in [5.41, 5.74) is 0. The molecule has 0 bridgehead atoms. The molecule has 0 saturated carbocycles. The maximum atomic E-state index is 13.7. The van der Waals surface area contributed by atoms with Gasteiger partial charge in [0, 0.05) is 0 Å². The van der Waals surface area contributed by atoms with Gasteiger partial charge in [0.25, 0.3) is 0 Å². The van der Waals surface area contributed by atoms with E-state index >= 15 is 0 Å². The van der Waals surface area contributed by atoms with Gasteiger partial charge in [0.1, 0.15) is 0 Å². The van der Waals surface area contributed by atoms with Crippen molar-refractivity contribution in [1.29, 1.82) is 0 Å². The van der Waals surface area contributed by atoms with Crippen LogP contribution in [0.2, 0.25) is 0 Å². The molecule has 4 aromatic rings. The standard InChI is InChI=1S/C24H17IO8S4/c26-35(27)19-13-7-15-21(36(28,29)30)23(19)34-24-20(35)14-8-16-22(24)37(31,32)33-25(17-9-3-1-4-10-17)18-11-5-2-6-12-18/h1-16H,(H,28,29,30). The van der Waals surface area contributed by atoms with Crippen molar-refractivity contribution < 1.29 is 32.3 Å². The van der Waals surface area contributed by atoms with Gasteiger partial charge in [-0.15, -0.1) is 0 Å². The van der Waals surface area contributed by atoms with Crippen LogP contribution in [0.4, 0.5) is 0 Å². The Morgan fingerprint density at radius 3 is 1.59 bits per heavy atom. The molecule has 1 aliphatic rings. The molecule has 8 nitrogen and oxygen atoms in total. The molecule has 1 N–H and O–H groups in total. The SMILES string of the molecule is O=S(=O)(O)c1cccc2c1Sc1c(S(=O)(=O)OI(c3ccccc3)c3ccccc3)cccc1S2(=O)=O. The van der Waals surface area contributed by atoms with E-state index in [2.05, 4.69) is 0 Å². The Balaban J connectivity index is 1.67. The molecule has 0 aliphatic carbocycles. The quantitative estimate of drug-likeness (QED) is 0.191.